The van der Waals surface area contributed by atoms with Crippen LogP contribution >= 0.6 is 0 Å². The lowest BCUT2D eigenvalue weighted by molar-refractivity contribution is -0.122. The summed E-state index contributed by atoms with van der Waals surface area (Å²) in [6.45, 7) is 3.45. The number of primary amides is 1. The minimum absolute atomic E-state index is 0.388. The van der Waals surface area contributed by atoms with Crippen LogP contribution in [-0.4, -0.2) is 11.1 Å². The number of nitrogens with two attached hydrogens (primary N) is 1. The molecule has 0 aliphatic carbocycles. The fourth-order valence-corrected chi connectivity index (χ4v) is 0.656. The molecule has 1 heterocycles. The van der Waals surface area contributed by atoms with E-state index in [-0.39, 0.29) is 5.91 Å². The van der Waals surface area contributed by atoms with Crippen molar-refractivity contribution in [3.05, 3.63) is 18.0 Å². The van der Waals surface area contributed by atoms with Crippen LogP contribution in [0.4, 0.5) is 0 Å². The van der Waals surface area contributed by atoms with Crippen molar-refractivity contribution in [1.29, 1.82) is 0 Å². The van der Waals surface area contributed by atoms with Gasteiger partial charge in [-0.15, -0.1) is 0 Å². The second-order valence-corrected chi connectivity index (χ2v) is 2.90. The Kier molecular flexibility index (Phi) is 1.68. The summed E-state index contributed by atoms with van der Waals surface area (Å²) < 4.78 is 4.59. The van der Waals surface area contributed by atoms with Gasteiger partial charge in [0.25, 0.3) is 0 Å². The summed E-state index contributed by atoms with van der Waals surface area (Å²) >= 11 is 0. The number of aromatic nitrogens is 1. The molecule has 2 N–H and O–H groups in total. The second kappa shape index (κ2) is 2.38. The SMILES string of the molecule is CC(C)(C(N)=O)c1cnoc1. The predicted octanol–water partition coefficient (Wildman–Crippen LogP) is 0.438. The molecule has 1 aromatic heterocycles. The van der Waals surface area contributed by atoms with Crippen molar-refractivity contribution in [2.75, 3.05) is 0 Å². The molecule has 0 saturated heterocycles. The summed E-state index contributed by atoms with van der Waals surface area (Å²) in [6, 6.07) is 0. The number of hydrogen-bond acceptors (Lipinski definition) is 3. The van der Waals surface area contributed by atoms with E-state index >= 15 is 0 Å². The standard InChI is InChI=1S/C7H10N2O2/c1-7(2,6(8)10)5-3-9-11-4-5/h3-4H,1-2H3,(H2,8,10). The highest BCUT2D eigenvalue weighted by molar-refractivity contribution is 5.85. The molecule has 0 fully saturated rings. The van der Waals surface area contributed by atoms with Crippen LogP contribution in [0.1, 0.15) is 19.4 Å². The van der Waals surface area contributed by atoms with Crippen molar-refractivity contribution < 1.29 is 9.32 Å². The fourth-order valence-electron chi connectivity index (χ4n) is 0.656. The van der Waals surface area contributed by atoms with Crippen LogP contribution in [0.2, 0.25) is 0 Å². The van der Waals surface area contributed by atoms with Gasteiger partial charge in [0.15, 0.2) is 0 Å². The average Bonchev–Trinajstić information content (AvgIpc) is 2.37. The van der Waals surface area contributed by atoms with Crippen LogP contribution in [0.5, 0.6) is 0 Å². The first-order valence-electron chi connectivity index (χ1n) is 3.25. The molecule has 1 amide bonds. The molecule has 0 saturated carbocycles. The molecule has 11 heavy (non-hydrogen) atoms. The second-order valence-electron chi connectivity index (χ2n) is 2.90. The predicted molar refractivity (Wildman–Crippen MR) is 38.7 cm³/mol. The molecule has 60 valence electrons. The first-order chi connectivity index (χ1) is 5.05. The number of amides is 1. The first kappa shape index (κ1) is 7.78. The van der Waals surface area contributed by atoms with E-state index in [0.29, 0.717) is 5.56 Å². The van der Waals surface area contributed by atoms with Gasteiger partial charge >= 0.3 is 0 Å². The minimum Gasteiger partial charge on any atom is -0.369 e. The van der Waals surface area contributed by atoms with E-state index in [4.69, 9.17) is 5.73 Å². The maximum absolute atomic E-state index is 10.9. The van der Waals surface area contributed by atoms with Crippen molar-refractivity contribution in [3.63, 3.8) is 0 Å². The molecular weight excluding hydrogens is 144 g/mol. The zero-order chi connectivity index (χ0) is 8.48. The fraction of sp³-hybridized carbons (Fsp3) is 0.429. The zero-order valence-electron chi connectivity index (χ0n) is 6.50. The molecule has 0 aliphatic heterocycles. The number of carbonyl (C=O) groups is 1. The van der Waals surface area contributed by atoms with E-state index < -0.39 is 5.41 Å². The van der Waals surface area contributed by atoms with Gasteiger partial charge in [-0.2, -0.15) is 0 Å². The first-order valence-corrected chi connectivity index (χ1v) is 3.25. The Hall–Kier alpha value is -1.32. The summed E-state index contributed by atoms with van der Waals surface area (Å²) in [5, 5.41) is 3.49. The molecule has 0 aliphatic rings. The van der Waals surface area contributed by atoms with Gasteiger partial charge in [-0.3, -0.25) is 4.79 Å². The third-order valence-corrected chi connectivity index (χ3v) is 1.77. The Morgan fingerprint density at radius 1 is 1.73 bits per heavy atom. The highest BCUT2D eigenvalue weighted by Crippen LogP contribution is 2.21. The van der Waals surface area contributed by atoms with E-state index in [1.165, 1.54) is 12.5 Å². The van der Waals surface area contributed by atoms with Crippen LogP contribution in [0.3, 0.4) is 0 Å². The Bertz CT molecular complexity index is 251. The van der Waals surface area contributed by atoms with Gasteiger partial charge in [0.05, 0.1) is 11.6 Å². The number of carbonyl (C=O) groups excluding carboxylic acids is 1. The maximum atomic E-state index is 10.9. The highest BCUT2D eigenvalue weighted by atomic mass is 16.5. The smallest absolute Gasteiger partial charge is 0.227 e. The van der Waals surface area contributed by atoms with Crippen LogP contribution < -0.4 is 5.73 Å². The molecule has 0 unspecified atom stereocenters. The normalized spacial score (nSPS) is 11.5. The van der Waals surface area contributed by atoms with Crippen LogP contribution in [0.25, 0.3) is 0 Å². The van der Waals surface area contributed by atoms with Crippen molar-refractivity contribution in [2.45, 2.75) is 19.3 Å². The minimum atomic E-state index is -0.694. The largest absolute Gasteiger partial charge is 0.369 e. The maximum Gasteiger partial charge on any atom is 0.227 e. The highest BCUT2D eigenvalue weighted by Gasteiger charge is 2.28. The Morgan fingerprint density at radius 2 is 2.36 bits per heavy atom. The molecule has 0 atom stereocenters. The van der Waals surface area contributed by atoms with Gasteiger partial charge in [-0.05, 0) is 13.8 Å². The molecule has 4 heteroatoms. The van der Waals surface area contributed by atoms with Gasteiger partial charge in [-0.25, -0.2) is 0 Å². The molecule has 0 radical (unpaired) electrons. The van der Waals surface area contributed by atoms with Crippen molar-refractivity contribution in [2.24, 2.45) is 5.73 Å². The lowest BCUT2D eigenvalue weighted by atomic mass is 9.86. The summed E-state index contributed by atoms with van der Waals surface area (Å²) in [7, 11) is 0. The molecule has 0 bridgehead atoms. The molecule has 0 aromatic carbocycles. The van der Waals surface area contributed by atoms with Crippen LogP contribution in [-0.2, 0) is 10.2 Å². The Balaban J connectivity index is 3.00. The monoisotopic (exact) mass is 154 g/mol. The quantitative estimate of drug-likeness (QED) is 0.671. The number of nitrogens with zero attached hydrogens (tertiary/aromatic N) is 1. The van der Waals surface area contributed by atoms with E-state index in [9.17, 15) is 4.79 Å². The van der Waals surface area contributed by atoms with Crippen LogP contribution in [0.15, 0.2) is 17.0 Å². The number of hydrogen-bond donors (Lipinski definition) is 1. The Morgan fingerprint density at radius 3 is 2.73 bits per heavy atom. The third kappa shape index (κ3) is 1.24. The molecule has 4 nitrogen and oxygen atoms in total. The molecule has 1 rings (SSSR count). The van der Waals surface area contributed by atoms with E-state index in [1.807, 2.05) is 0 Å². The van der Waals surface area contributed by atoms with Gasteiger partial charge in [0, 0.05) is 5.56 Å². The van der Waals surface area contributed by atoms with Crippen molar-refractivity contribution in [3.8, 4) is 0 Å². The van der Waals surface area contributed by atoms with E-state index in [1.54, 1.807) is 13.8 Å². The summed E-state index contributed by atoms with van der Waals surface area (Å²) in [6.07, 6.45) is 2.91. The molecule has 1 aromatic rings. The van der Waals surface area contributed by atoms with Crippen molar-refractivity contribution >= 4 is 5.91 Å². The van der Waals surface area contributed by atoms with Crippen LogP contribution in [0, 0.1) is 0 Å². The molecular formula is C7H10N2O2. The topological polar surface area (TPSA) is 69.1 Å². The van der Waals surface area contributed by atoms with Gasteiger partial charge in [0.2, 0.25) is 5.91 Å². The Labute approximate surface area is 64.4 Å². The third-order valence-electron chi connectivity index (χ3n) is 1.77. The van der Waals surface area contributed by atoms with Gasteiger partial charge < -0.3 is 10.3 Å². The van der Waals surface area contributed by atoms with Gasteiger partial charge in [-0.1, -0.05) is 5.16 Å². The lowest BCUT2D eigenvalue weighted by Gasteiger charge is -2.16. The van der Waals surface area contributed by atoms with E-state index in [0.717, 1.165) is 0 Å². The summed E-state index contributed by atoms with van der Waals surface area (Å²) in [5.74, 6) is -0.388. The number of rotatable bonds is 2. The summed E-state index contributed by atoms with van der Waals surface area (Å²) in [5.41, 5.74) is 5.16. The van der Waals surface area contributed by atoms with Gasteiger partial charge in [0.1, 0.15) is 6.26 Å². The summed E-state index contributed by atoms with van der Waals surface area (Å²) in [4.78, 5) is 10.9. The average molecular weight is 154 g/mol. The zero-order valence-corrected chi connectivity index (χ0v) is 6.50. The van der Waals surface area contributed by atoms with E-state index in [2.05, 4.69) is 9.68 Å². The molecule has 0 spiro atoms. The van der Waals surface area contributed by atoms with Crippen molar-refractivity contribution in [1.82, 2.24) is 5.16 Å². The lowest BCUT2D eigenvalue weighted by Crippen LogP contribution is -2.35.